The highest BCUT2D eigenvalue weighted by atomic mass is 16.5. The molecule has 6 nitrogen and oxygen atoms in total. The van der Waals surface area contributed by atoms with Crippen molar-refractivity contribution in [2.24, 2.45) is 0 Å². The SMILES string of the molecule is CC[C@H](Oc1cc(C)cc(C)c1)C(=O)Nc1ccccc1C(=O)NC[C@H]1CCCO1. The molecule has 2 N–H and O–H groups in total. The van der Waals surface area contributed by atoms with E-state index in [4.69, 9.17) is 9.47 Å². The van der Waals surface area contributed by atoms with Crippen molar-refractivity contribution in [3.63, 3.8) is 0 Å². The first-order valence-electron chi connectivity index (χ1n) is 10.5. The summed E-state index contributed by atoms with van der Waals surface area (Å²) < 4.78 is 11.5. The predicted octanol–water partition coefficient (Wildman–Crippen LogP) is 4.01. The van der Waals surface area contributed by atoms with E-state index < -0.39 is 6.10 Å². The van der Waals surface area contributed by atoms with Crippen LogP contribution in [0.2, 0.25) is 0 Å². The topological polar surface area (TPSA) is 76.7 Å². The second-order valence-corrected chi connectivity index (χ2v) is 7.72. The Balaban J connectivity index is 1.66. The molecule has 30 heavy (non-hydrogen) atoms. The molecule has 2 aromatic rings. The molecule has 1 aliphatic heterocycles. The molecule has 0 saturated carbocycles. The van der Waals surface area contributed by atoms with Crippen LogP contribution in [0.4, 0.5) is 5.69 Å². The third kappa shape index (κ3) is 5.83. The zero-order valence-electron chi connectivity index (χ0n) is 17.9. The molecular weight excluding hydrogens is 380 g/mol. The van der Waals surface area contributed by atoms with Gasteiger partial charge in [0.2, 0.25) is 0 Å². The van der Waals surface area contributed by atoms with Crippen LogP contribution in [0, 0.1) is 13.8 Å². The minimum absolute atomic E-state index is 0.0614. The van der Waals surface area contributed by atoms with Crippen molar-refractivity contribution in [2.45, 2.75) is 52.2 Å². The second-order valence-electron chi connectivity index (χ2n) is 7.72. The van der Waals surface area contributed by atoms with E-state index >= 15 is 0 Å². The van der Waals surface area contributed by atoms with Gasteiger partial charge in [-0.15, -0.1) is 0 Å². The highest BCUT2D eigenvalue weighted by molar-refractivity contribution is 6.04. The van der Waals surface area contributed by atoms with Gasteiger partial charge in [0.05, 0.1) is 17.4 Å². The zero-order valence-corrected chi connectivity index (χ0v) is 17.9. The molecule has 1 aliphatic rings. The van der Waals surface area contributed by atoms with Crippen molar-refractivity contribution in [2.75, 3.05) is 18.5 Å². The summed E-state index contributed by atoms with van der Waals surface area (Å²) in [7, 11) is 0. The quantitative estimate of drug-likeness (QED) is 0.689. The van der Waals surface area contributed by atoms with Gasteiger partial charge < -0.3 is 20.1 Å². The fourth-order valence-electron chi connectivity index (χ4n) is 3.60. The number of aryl methyl sites for hydroxylation is 2. The number of hydrogen-bond donors (Lipinski definition) is 2. The summed E-state index contributed by atoms with van der Waals surface area (Å²) >= 11 is 0. The van der Waals surface area contributed by atoms with Gasteiger partial charge in [0, 0.05) is 13.2 Å². The average molecular weight is 411 g/mol. The van der Waals surface area contributed by atoms with Crippen molar-refractivity contribution in [1.82, 2.24) is 5.32 Å². The Kier molecular flexibility index (Phi) is 7.46. The minimum atomic E-state index is -0.658. The van der Waals surface area contributed by atoms with E-state index in [0.717, 1.165) is 30.6 Å². The summed E-state index contributed by atoms with van der Waals surface area (Å²) in [4.78, 5) is 25.5. The molecule has 1 fully saturated rings. The fourth-order valence-corrected chi connectivity index (χ4v) is 3.60. The molecule has 3 rings (SSSR count). The van der Waals surface area contributed by atoms with E-state index in [2.05, 4.69) is 16.7 Å². The summed E-state index contributed by atoms with van der Waals surface area (Å²) in [5.74, 6) is 0.151. The zero-order chi connectivity index (χ0) is 21.5. The second kappa shape index (κ2) is 10.3. The van der Waals surface area contributed by atoms with Gasteiger partial charge in [-0.05, 0) is 68.5 Å². The number of carbonyl (C=O) groups excluding carboxylic acids is 2. The van der Waals surface area contributed by atoms with Crippen LogP contribution in [0.25, 0.3) is 0 Å². The Hall–Kier alpha value is -2.86. The maximum atomic E-state index is 12.9. The number of anilines is 1. The van der Waals surface area contributed by atoms with Crippen LogP contribution < -0.4 is 15.4 Å². The maximum absolute atomic E-state index is 12.9. The minimum Gasteiger partial charge on any atom is -0.481 e. The van der Waals surface area contributed by atoms with Gasteiger partial charge in [0.1, 0.15) is 5.75 Å². The molecule has 2 aromatic carbocycles. The van der Waals surface area contributed by atoms with Gasteiger partial charge in [-0.2, -0.15) is 0 Å². The van der Waals surface area contributed by atoms with E-state index in [-0.39, 0.29) is 17.9 Å². The largest absolute Gasteiger partial charge is 0.481 e. The normalized spacial score (nSPS) is 16.7. The molecule has 160 valence electrons. The van der Waals surface area contributed by atoms with Gasteiger partial charge in [-0.25, -0.2) is 0 Å². The third-order valence-electron chi connectivity index (χ3n) is 5.08. The van der Waals surface area contributed by atoms with Gasteiger partial charge >= 0.3 is 0 Å². The Bertz CT molecular complexity index is 870. The summed E-state index contributed by atoms with van der Waals surface area (Å²) in [6, 6.07) is 12.9. The molecule has 0 aromatic heterocycles. The van der Waals surface area contributed by atoms with Crippen molar-refractivity contribution >= 4 is 17.5 Å². The predicted molar refractivity (Wildman–Crippen MR) is 117 cm³/mol. The number of carbonyl (C=O) groups is 2. The lowest BCUT2D eigenvalue weighted by Crippen LogP contribution is -2.35. The summed E-state index contributed by atoms with van der Waals surface area (Å²) in [5, 5.41) is 5.77. The molecule has 2 atom stereocenters. The van der Waals surface area contributed by atoms with Crippen LogP contribution in [-0.2, 0) is 9.53 Å². The number of hydrogen-bond acceptors (Lipinski definition) is 4. The highest BCUT2D eigenvalue weighted by Gasteiger charge is 2.22. The molecule has 1 heterocycles. The number of benzene rings is 2. The summed E-state index contributed by atoms with van der Waals surface area (Å²) in [6.45, 7) is 7.09. The smallest absolute Gasteiger partial charge is 0.265 e. The number of nitrogens with one attached hydrogen (secondary N) is 2. The van der Waals surface area contributed by atoms with E-state index in [1.54, 1.807) is 24.3 Å². The monoisotopic (exact) mass is 410 g/mol. The van der Waals surface area contributed by atoms with Gasteiger partial charge in [-0.3, -0.25) is 9.59 Å². The van der Waals surface area contributed by atoms with Crippen molar-refractivity contribution in [3.8, 4) is 5.75 Å². The molecule has 0 bridgehead atoms. The molecule has 1 saturated heterocycles. The van der Waals surface area contributed by atoms with Gasteiger partial charge in [0.15, 0.2) is 6.10 Å². The molecule has 0 aliphatic carbocycles. The molecule has 0 radical (unpaired) electrons. The van der Waals surface area contributed by atoms with E-state index in [1.165, 1.54) is 0 Å². The van der Waals surface area contributed by atoms with Gasteiger partial charge in [0.25, 0.3) is 11.8 Å². The number of amides is 2. The van der Waals surface area contributed by atoms with E-state index in [1.807, 2.05) is 32.9 Å². The molecule has 2 amide bonds. The van der Waals surface area contributed by atoms with Gasteiger partial charge in [-0.1, -0.05) is 25.1 Å². The lowest BCUT2D eigenvalue weighted by Gasteiger charge is -2.19. The first-order chi connectivity index (χ1) is 14.5. The Labute approximate surface area is 178 Å². The number of ether oxygens (including phenoxy) is 2. The molecule has 0 spiro atoms. The first kappa shape index (κ1) is 21.8. The van der Waals surface area contributed by atoms with E-state index in [9.17, 15) is 9.59 Å². The molecular formula is C24H30N2O4. The highest BCUT2D eigenvalue weighted by Crippen LogP contribution is 2.21. The Morgan fingerprint density at radius 3 is 2.57 bits per heavy atom. The molecule has 0 unspecified atom stereocenters. The summed E-state index contributed by atoms with van der Waals surface area (Å²) in [5.41, 5.74) is 3.04. The summed E-state index contributed by atoms with van der Waals surface area (Å²) in [6.07, 6.45) is 1.88. The average Bonchev–Trinajstić information content (AvgIpc) is 3.23. The van der Waals surface area contributed by atoms with Crippen LogP contribution in [0.1, 0.15) is 47.7 Å². The molecule has 6 heteroatoms. The number of rotatable bonds is 8. The lowest BCUT2D eigenvalue weighted by molar-refractivity contribution is -0.122. The van der Waals surface area contributed by atoms with Crippen LogP contribution in [-0.4, -0.2) is 37.2 Å². The van der Waals surface area contributed by atoms with Crippen LogP contribution in [0.3, 0.4) is 0 Å². The van der Waals surface area contributed by atoms with Crippen LogP contribution in [0.15, 0.2) is 42.5 Å². The van der Waals surface area contributed by atoms with Crippen LogP contribution >= 0.6 is 0 Å². The maximum Gasteiger partial charge on any atom is 0.265 e. The lowest BCUT2D eigenvalue weighted by atomic mass is 10.1. The Morgan fingerprint density at radius 2 is 1.90 bits per heavy atom. The van der Waals surface area contributed by atoms with Crippen molar-refractivity contribution in [3.05, 3.63) is 59.2 Å². The van der Waals surface area contributed by atoms with Crippen molar-refractivity contribution in [1.29, 1.82) is 0 Å². The van der Waals surface area contributed by atoms with Crippen LogP contribution in [0.5, 0.6) is 5.75 Å². The first-order valence-corrected chi connectivity index (χ1v) is 10.5. The number of para-hydroxylation sites is 1. The fraction of sp³-hybridized carbons (Fsp3) is 0.417. The van der Waals surface area contributed by atoms with Crippen molar-refractivity contribution < 1.29 is 19.1 Å². The third-order valence-corrected chi connectivity index (χ3v) is 5.08. The standard InChI is InChI=1S/C24H30N2O4/c1-4-22(30-19-13-16(2)12-17(3)14-19)24(28)26-21-10-6-5-9-20(21)23(27)25-15-18-8-7-11-29-18/h5-6,9-10,12-14,18,22H,4,7-8,11,15H2,1-3H3,(H,25,27)(H,26,28)/t18-,22+/m1/s1. The van der Waals surface area contributed by atoms with E-state index in [0.29, 0.717) is 30.0 Å². The Morgan fingerprint density at radius 1 is 1.17 bits per heavy atom.